The van der Waals surface area contributed by atoms with Crippen LogP contribution in [0.15, 0.2) is 18.3 Å². The van der Waals surface area contributed by atoms with Crippen LogP contribution >= 0.6 is 0 Å². The zero-order chi connectivity index (χ0) is 23.0. The number of alkyl halides is 3. The van der Waals surface area contributed by atoms with Gasteiger partial charge in [0, 0.05) is 19.7 Å². The lowest BCUT2D eigenvalue weighted by atomic mass is 9.79. The summed E-state index contributed by atoms with van der Waals surface area (Å²) in [5.74, 6) is -0.0488. The summed E-state index contributed by atoms with van der Waals surface area (Å²) in [7, 11) is 1.42. The van der Waals surface area contributed by atoms with Gasteiger partial charge in [0.1, 0.15) is 5.82 Å². The van der Waals surface area contributed by atoms with E-state index in [-0.39, 0.29) is 24.2 Å². The first kappa shape index (κ1) is 25.1. The van der Waals surface area contributed by atoms with Gasteiger partial charge in [0.05, 0.1) is 25.1 Å². The van der Waals surface area contributed by atoms with Gasteiger partial charge in [-0.2, -0.15) is 13.2 Å². The molecule has 2 amide bonds. The van der Waals surface area contributed by atoms with Gasteiger partial charge in [0.15, 0.2) is 0 Å². The molecule has 174 valence electrons. The number of carbonyl (C=O) groups is 2. The molecule has 7 nitrogen and oxygen atoms in total. The highest BCUT2D eigenvalue weighted by atomic mass is 19.4. The molecule has 0 bridgehead atoms. The number of aromatic nitrogens is 1. The van der Waals surface area contributed by atoms with Crippen LogP contribution in [0.25, 0.3) is 0 Å². The lowest BCUT2D eigenvalue weighted by Gasteiger charge is -2.29. The van der Waals surface area contributed by atoms with E-state index >= 15 is 0 Å². The average Bonchev–Trinajstić information content (AvgIpc) is 2.71. The predicted molar refractivity (Wildman–Crippen MR) is 110 cm³/mol. The van der Waals surface area contributed by atoms with E-state index in [4.69, 9.17) is 10.5 Å². The first-order valence-corrected chi connectivity index (χ1v) is 10.5. The SMILES string of the molecule is COCC(NC(=O)CCC(F)(F)F)c1ccnc(NC(=O)[C@@H](N)C2CCC(C)CC2)c1. The van der Waals surface area contributed by atoms with Crippen molar-refractivity contribution in [3.8, 4) is 0 Å². The van der Waals surface area contributed by atoms with E-state index in [1.54, 1.807) is 12.1 Å². The third-order valence-electron chi connectivity index (χ3n) is 5.61. The molecule has 10 heteroatoms. The lowest BCUT2D eigenvalue weighted by molar-refractivity contribution is -0.144. The maximum atomic E-state index is 12.6. The molecule has 1 heterocycles. The number of amides is 2. The molecule has 1 aromatic rings. The first-order chi connectivity index (χ1) is 14.6. The van der Waals surface area contributed by atoms with E-state index in [0.717, 1.165) is 25.7 Å². The Kier molecular flexibility index (Phi) is 9.24. The van der Waals surface area contributed by atoms with Gasteiger partial charge in [-0.1, -0.05) is 19.8 Å². The van der Waals surface area contributed by atoms with Gasteiger partial charge >= 0.3 is 6.18 Å². The monoisotopic (exact) mass is 444 g/mol. The smallest absolute Gasteiger partial charge is 0.382 e. The number of carbonyl (C=O) groups excluding carboxylic acids is 2. The lowest BCUT2D eigenvalue weighted by Crippen LogP contribution is -2.43. The molecule has 4 N–H and O–H groups in total. The van der Waals surface area contributed by atoms with Crippen molar-refractivity contribution >= 4 is 17.6 Å². The van der Waals surface area contributed by atoms with Crippen molar-refractivity contribution in [1.82, 2.24) is 10.3 Å². The van der Waals surface area contributed by atoms with Crippen molar-refractivity contribution < 1.29 is 27.5 Å². The van der Waals surface area contributed by atoms with E-state index < -0.39 is 37.0 Å². The molecule has 1 saturated carbocycles. The van der Waals surface area contributed by atoms with Crippen molar-refractivity contribution in [3.63, 3.8) is 0 Å². The number of halogens is 3. The van der Waals surface area contributed by atoms with E-state index in [0.29, 0.717) is 11.5 Å². The highest BCUT2D eigenvalue weighted by Gasteiger charge is 2.30. The normalized spacial score (nSPS) is 21.2. The maximum Gasteiger partial charge on any atom is 0.389 e. The van der Waals surface area contributed by atoms with Gasteiger partial charge in [-0.05, 0) is 42.4 Å². The summed E-state index contributed by atoms with van der Waals surface area (Å²) in [4.78, 5) is 28.6. The number of pyridine rings is 1. The fourth-order valence-corrected chi connectivity index (χ4v) is 3.71. The molecule has 1 fully saturated rings. The highest BCUT2D eigenvalue weighted by molar-refractivity contribution is 5.94. The Morgan fingerprint density at radius 2 is 1.97 bits per heavy atom. The van der Waals surface area contributed by atoms with Gasteiger partial charge in [0.2, 0.25) is 11.8 Å². The molecular weight excluding hydrogens is 413 g/mol. The number of nitrogens with two attached hydrogens (primary N) is 1. The number of nitrogens with one attached hydrogen (secondary N) is 2. The number of nitrogens with zero attached hydrogens (tertiary/aromatic N) is 1. The van der Waals surface area contributed by atoms with Crippen LogP contribution in [0.4, 0.5) is 19.0 Å². The molecule has 2 rings (SSSR count). The van der Waals surface area contributed by atoms with Crippen molar-refractivity contribution in [3.05, 3.63) is 23.9 Å². The summed E-state index contributed by atoms with van der Waals surface area (Å²) in [5.41, 5.74) is 6.71. The van der Waals surface area contributed by atoms with Crippen LogP contribution in [-0.4, -0.2) is 42.7 Å². The van der Waals surface area contributed by atoms with Crippen LogP contribution in [0.2, 0.25) is 0 Å². The molecule has 0 aromatic carbocycles. The van der Waals surface area contributed by atoms with Crippen LogP contribution in [0.3, 0.4) is 0 Å². The minimum atomic E-state index is -4.41. The average molecular weight is 444 g/mol. The van der Waals surface area contributed by atoms with Crippen molar-refractivity contribution in [2.75, 3.05) is 19.0 Å². The van der Waals surface area contributed by atoms with Crippen molar-refractivity contribution in [2.45, 2.75) is 63.7 Å². The Balaban J connectivity index is 2.00. The third kappa shape index (κ3) is 8.45. The predicted octanol–water partition coefficient (Wildman–Crippen LogP) is 3.32. The Morgan fingerprint density at radius 3 is 2.58 bits per heavy atom. The second kappa shape index (κ2) is 11.4. The summed E-state index contributed by atoms with van der Waals surface area (Å²) < 4.78 is 42.1. The zero-order valence-corrected chi connectivity index (χ0v) is 17.9. The molecule has 2 atom stereocenters. The van der Waals surface area contributed by atoms with Crippen molar-refractivity contribution in [1.29, 1.82) is 0 Å². The summed E-state index contributed by atoms with van der Waals surface area (Å²) >= 11 is 0. The van der Waals surface area contributed by atoms with Gasteiger partial charge in [-0.15, -0.1) is 0 Å². The third-order valence-corrected chi connectivity index (χ3v) is 5.61. The fourth-order valence-electron chi connectivity index (χ4n) is 3.71. The van der Waals surface area contributed by atoms with E-state index in [2.05, 4.69) is 22.5 Å². The highest BCUT2D eigenvalue weighted by Crippen LogP contribution is 2.30. The van der Waals surface area contributed by atoms with E-state index in [9.17, 15) is 22.8 Å². The largest absolute Gasteiger partial charge is 0.389 e. The number of anilines is 1. The Bertz CT molecular complexity index is 737. The molecule has 0 radical (unpaired) electrons. The van der Waals surface area contributed by atoms with Crippen LogP contribution in [0, 0.1) is 11.8 Å². The Labute approximate surface area is 180 Å². The summed E-state index contributed by atoms with van der Waals surface area (Å²) in [6.45, 7) is 2.24. The van der Waals surface area contributed by atoms with Gasteiger partial charge in [-0.3, -0.25) is 9.59 Å². The molecule has 1 aliphatic carbocycles. The van der Waals surface area contributed by atoms with E-state index in [1.807, 2.05) is 0 Å². The minimum absolute atomic E-state index is 0.0505. The number of rotatable bonds is 9. The first-order valence-electron chi connectivity index (χ1n) is 10.5. The fraction of sp³-hybridized carbons (Fsp3) is 0.667. The summed E-state index contributed by atoms with van der Waals surface area (Å²) in [6, 6.07) is 1.83. The number of methoxy groups -OCH3 is 1. The van der Waals surface area contributed by atoms with Gasteiger partial charge in [0.25, 0.3) is 0 Å². The molecule has 0 spiro atoms. The second-order valence-corrected chi connectivity index (χ2v) is 8.20. The van der Waals surface area contributed by atoms with E-state index in [1.165, 1.54) is 13.3 Å². The molecule has 1 aromatic heterocycles. The Morgan fingerprint density at radius 1 is 1.29 bits per heavy atom. The number of hydrogen-bond donors (Lipinski definition) is 3. The zero-order valence-electron chi connectivity index (χ0n) is 17.9. The van der Waals surface area contributed by atoms with Crippen LogP contribution in [0.1, 0.15) is 57.1 Å². The molecule has 1 unspecified atom stereocenters. The maximum absolute atomic E-state index is 12.6. The number of hydrogen-bond acceptors (Lipinski definition) is 5. The molecular formula is C21H31F3N4O3. The topological polar surface area (TPSA) is 106 Å². The quantitative estimate of drug-likeness (QED) is 0.542. The van der Waals surface area contributed by atoms with Gasteiger partial charge in [-0.25, -0.2) is 4.98 Å². The molecule has 0 saturated heterocycles. The number of ether oxygens (including phenoxy) is 1. The van der Waals surface area contributed by atoms with Gasteiger partial charge < -0.3 is 21.1 Å². The Hall–Kier alpha value is -2.20. The summed E-state index contributed by atoms with van der Waals surface area (Å²) in [6.07, 6.45) is -0.924. The van der Waals surface area contributed by atoms with Crippen molar-refractivity contribution in [2.24, 2.45) is 17.6 Å². The minimum Gasteiger partial charge on any atom is -0.382 e. The summed E-state index contributed by atoms with van der Waals surface area (Å²) in [5, 5.41) is 5.25. The molecule has 1 aliphatic rings. The van der Waals surface area contributed by atoms with Crippen LogP contribution in [-0.2, 0) is 14.3 Å². The van der Waals surface area contributed by atoms with Crippen LogP contribution in [0.5, 0.6) is 0 Å². The second-order valence-electron chi connectivity index (χ2n) is 8.20. The van der Waals surface area contributed by atoms with Crippen LogP contribution < -0.4 is 16.4 Å². The standard InChI is InChI=1S/C21H31F3N4O3/c1-13-3-5-14(6-4-13)19(25)20(30)28-17-11-15(8-10-26-17)16(12-31-2)27-18(29)7-9-21(22,23)24/h8,10-11,13-14,16,19H,3-7,9,12,25H2,1-2H3,(H,27,29)(H,26,28,30)/t13?,14?,16?,19-/m0/s1. The molecule has 31 heavy (non-hydrogen) atoms. The molecule has 0 aliphatic heterocycles.